The van der Waals surface area contributed by atoms with E-state index in [-0.39, 0.29) is 0 Å². The number of aliphatic imine (C=N–C) groups is 1. The van der Waals surface area contributed by atoms with Crippen LogP contribution in [0.2, 0.25) is 0 Å². The first-order valence-corrected chi connectivity index (χ1v) is 4.11. The Hall–Kier alpha value is -0.410. The fourth-order valence-electron chi connectivity index (χ4n) is 0.790. The molecule has 0 rings (SSSR count). The zero-order valence-electron chi connectivity index (χ0n) is 7.75. The summed E-state index contributed by atoms with van der Waals surface area (Å²) in [7, 11) is 1.76. The lowest BCUT2D eigenvalue weighted by Gasteiger charge is -2.17. The zero-order valence-corrected chi connectivity index (χ0v) is 7.75. The van der Waals surface area contributed by atoms with Crippen molar-refractivity contribution in [3.8, 4) is 0 Å². The van der Waals surface area contributed by atoms with Gasteiger partial charge >= 0.3 is 0 Å². The van der Waals surface area contributed by atoms with Crippen LogP contribution in [0.3, 0.4) is 0 Å². The summed E-state index contributed by atoms with van der Waals surface area (Å²) >= 11 is 0. The van der Waals surface area contributed by atoms with E-state index in [0.717, 1.165) is 13.1 Å². The molecule has 2 N–H and O–H groups in total. The van der Waals surface area contributed by atoms with E-state index in [9.17, 15) is 0 Å². The lowest BCUT2D eigenvalue weighted by Crippen LogP contribution is -2.36. The van der Waals surface area contributed by atoms with E-state index in [1.54, 1.807) is 12.1 Å². The van der Waals surface area contributed by atoms with Gasteiger partial charge in [0.15, 0.2) is 0 Å². The van der Waals surface area contributed by atoms with Crippen molar-refractivity contribution in [3.63, 3.8) is 0 Å². The minimum absolute atomic E-state index is 0.672. The van der Waals surface area contributed by atoms with Gasteiger partial charge in [-0.1, -0.05) is 20.3 Å². The zero-order chi connectivity index (χ0) is 8.69. The molecule has 3 nitrogen and oxygen atoms in total. The molecule has 3 heteroatoms. The van der Waals surface area contributed by atoms with Crippen LogP contribution in [0.25, 0.3) is 0 Å². The van der Waals surface area contributed by atoms with Crippen LogP contribution in [0.5, 0.6) is 0 Å². The summed E-state index contributed by atoms with van der Waals surface area (Å²) in [6.07, 6.45) is 3.00. The Labute approximate surface area is 69.3 Å². The van der Waals surface area contributed by atoms with Crippen molar-refractivity contribution in [2.45, 2.75) is 20.3 Å². The second-order valence-electron chi connectivity index (χ2n) is 2.91. The molecule has 0 aliphatic carbocycles. The average Bonchev–Trinajstić information content (AvgIpc) is 2.00. The summed E-state index contributed by atoms with van der Waals surface area (Å²) in [5, 5.41) is 1.79. The van der Waals surface area contributed by atoms with Crippen LogP contribution in [-0.4, -0.2) is 31.4 Å². The van der Waals surface area contributed by atoms with Crippen LogP contribution >= 0.6 is 0 Å². The van der Waals surface area contributed by atoms with Gasteiger partial charge in [0.2, 0.25) is 0 Å². The summed E-state index contributed by atoms with van der Waals surface area (Å²) < 4.78 is 0. The van der Waals surface area contributed by atoms with Crippen molar-refractivity contribution in [1.82, 2.24) is 5.01 Å². The molecule has 0 saturated heterocycles. The minimum atomic E-state index is 0.672. The van der Waals surface area contributed by atoms with Gasteiger partial charge in [-0.3, -0.25) is 10.8 Å². The smallest absolute Gasteiger partial charge is 0.0478 e. The molecule has 0 aliphatic heterocycles. The number of hydrogen-bond donors (Lipinski definition) is 1. The first kappa shape index (κ1) is 10.6. The van der Waals surface area contributed by atoms with Crippen LogP contribution in [-0.2, 0) is 0 Å². The van der Waals surface area contributed by atoms with Crippen LogP contribution < -0.4 is 5.84 Å². The van der Waals surface area contributed by atoms with Gasteiger partial charge in [0, 0.05) is 26.4 Å². The average molecular weight is 157 g/mol. The number of hydrogen-bond acceptors (Lipinski definition) is 3. The van der Waals surface area contributed by atoms with Gasteiger partial charge < -0.3 is 0 Å². The Morgan fingerprint density at radius 1 is 1.64 bits per heavy atom. The Morgan fingerprint density at radius 3 is 2.73 bits per heavy atom. The molecule has 0 saturated carbocycles. The van der Waals surface area contributed by atoms with E-state index in [2.05, 4.69) is 18.8 Å². The van der Waals surface area contributed by atoms with Gasteiger partial charge in [-0.25, -0.2) is 5.01 Å². The number of hydrazine groups is 1. The van der Waals surface area contributed by atoms with Gasteiger partial charge in [-0.2, -0.15) is 0 Å². The van der Waals surface area contributed by atoms with E-state index in [1.807, 2.05) is 6.21 Å². The lowest BCUT2D eigenvalue weighted by molar-refractivity contribution is 0.274. The molecule has 0 aromatic heterocycles. The van der Waals surface area contributed by atoms with E-state index in [4.69, 9.17) is 5.84 Å². The van der Waals surface area contributed by atoms with Gasteiger partial charge in [-0.15, -0.1) is 0 Å². The molecule has 0 aromatic rings. The third-order valence-corrected chi connectivity index (χ3v) is 1.74. The highest BCUT2D eigenvalue weighted by Crippen LogP contribution is 1.99. The Kier molecular flexibility index (Phi) is 6.07. The molecule has 0 spiro atoms. The largest absolute Gasteiger partial charge is 0.299 e. The summed E-state index contributed by atoms with van der Waals surface area (Å²) in [5.74, 6) is 6.35. The van der Waals surface area contributed by atoms with Crippen LogP contribution in [0.4, 0.5) is 0 Å². The molecular formula is C8H19N3. The van der Waals surface area contributed by atoms with Crippen molar-refractivity contribution < 1.29 is 0 Å². The summed E-state index contributed by atoms with van der Waals surface area (Å²) in [6, 6.07) is 0. The molecule has 0 aromatic carbocycles. The molecule has 0 amide bonds. The second-order valence-corrected chi connectivity index (χ2v) is 2.91. The van der Waals surface area contributed by atoms with Gasteiger partial charge in [0.25, 0.3) is 0 Å². The van der Waals surface area contributed by atoms with Gasteiger partial charge in [0.05, 0.1) is 0 Å². The maximum absolute atomic E-state index is 5.68. The highest BCUT2D eigenvalue weighted by molar-refractivity contribution is 5.59. The summed E-state index contributed by atoms with van der Waals surface area (Å²) in [6.45, 7) is 6.07. The molecule has 11 heavy (non-hydrogen) atoms. The monoisotopic (exact) mass is 157 g/mol. The predicted molar refractivity (Wildman–Crippen MR) is 49.6 cm³/mol. The van der Waals surface area contributed by atoms with Crippen molar-refractivity contribution in [1.29, 1.82) is 0 Å². The Bertz CT molecular complexity index is 112. The normalized spacial score (nSPS) is 14.6. The third kappa shape index (κ3) is 6.01. The quantitative estimate of drug-likeness (QED) is 0.366. The number of nitrogens with two attached hydrogens (primary N) is 1. The van der Waals surface area contributed by atoms with Crippen molar-refractivity contribution in [3.05, 3.63) is 0 Å². The summed E-state index contributed by atoms with van der Waals surface area (Å²) in [4.78, 5) is 3.86. The standard InChI is InChI=1S/C8H19N3/c1-4-8(2)7-11(9)6-5-10-3/h5,8H,4,6-7,9H2,1-3H3. The van der Waals surface area contributed by atoms with Crippen molar-refractivity contribution in [2.75, 3.05) is 20.1 Å². The van der Waals surface area contributed by atoms with Gasteiger partial charge in [0.1, 0.15) is 0 Å². The molecule has 1 unspecified atom stereocenters. The van der Waals surface area contributed by atoms with Crippen molar-refractivity contribution in [2.24, 2.45) is 16.8 Å². The third-order valence-electron chi connectivity index (χ3n) is 1.74. The molecule has 0 radical (unpaired) electrons. The van der Waals surface area contributed by atoms with E-state index < -0.39 is 0 Å². The van der Waals surface area contributed by atoms with Gasteiger partial charge in [-0.05, 0) is 5.92 Å². The first-order valence-electron chi connectivity index (χ1n) is 4.11. The van der Waals surface area contributed by atoms with Crippen LogP contribution in [0.15, 0.2) is 4.99 Å². The predicted octanol–water partition coefficient (Wildman–Crippen LogP) is 0.909. The topological polar surface area (TPSA) is 41.6 Å². The molecule has 1 atom stereocenters. The lowest BCUT2D eigenvalue weighted by atomic mass is 10.1. The van der Waals surface area contributed by atoms with E-state index >= 15 is 0 Å². The highest BCUT2D eigenvalue weighted by atomic mass is 15.4. The highest BCUT2D eigenvalue weighted by Gasteiger charge is 2.02. The molecule has 0 bridgehead atoms. The maximum atomic E-state index is 5.68. The number of nitrogens with zero attached hydrogens (tertiary/aromatic N) is 2. The SMILES string of the molecule is CCC(C)CN(N)CC=NC. The van der Waals surface area contributed by atoms with E-state index in [0.29, 0.717) is 5.92 Å². The molecule has 66 valence electrons. The summed E-state index contributed by atoms with van der Waals surface area (Å²) in [5.41, 5.74) is 0. The molecule has 0 fully saturated rings. The van der Waals surface area contributed by atoms with Crippen LogP contribution in [0.1, 0.15) is 20.3 Å². The van der Waals surface area contributed by atoms with Crippen LogP contribution in [0, 0.1) is 5.92 Å². The van der Waals surface area contributed by atoms with Crippen molar-refractivity contribution >= 4 is 6.21 Å². The number of rotatable bonds is 5. The Balaban J connectivity index is 3.42. The molecule has 0 heterocycles. The maximum Gasteiger partial charge on any atom is 0.0478 e. The fraction of sp³-hybridized carbons (Fsp3) is 0.875. The first-order chi connectivity index (χ1) is 5.20. The fourth-order valence-corrected chi connectivity index (χ4v) is 0.790. The van der Waals surface area contributed by atoms with E-state index in [1.165, 1.54) is 6.42 Å². The molecule has 0 aliphatic rings. The minimum Gasteiger partial charge on any atom is -0.299 e. The second kappa shape index (κ2) is 6.31. The Morgan fingerprint density at radius 2 is 2.27 bits per heavy atom. The molecular weight excluding hydrogens is 138 g/mol.